The van der Waals surface area contributed by atoms with Crippen LogP contribution in [-0.4, -0.2) is 58.7 Å². The molecule has 2 N–H and O–H groups in total. The van der Waals surface area contributed by atoms with Gasteiger partial charge in [-0.3, -0.25) is 10.00 Å². The molecule has 2 atom stereocenters. The molecule has 2 heterocycles. The first-order chi connectivity index (χ1) is 14.5. The van der Waals surface area contributed by atoms with Crippen LogP contribution in [0.25, 0.3) is 22.4 Å². The Morgan fingerprint density at radius 2 is 1.87 bits per heavy atom. The number of aromatic hydroxyl groups is 1. The van der Waals surface area contributed by atoms with Gasteiger partial charge in [-0.2, -0.15) is 5.10 Å². The Labute approximate surface area is 185 Å². The van der Waals surface area contributed by atoms with Crippen molar-refractivity contribution in [2.75, 3.05) is 26.2 Å². The van der Waals surface area contributed by atoms with E-state index in [1.54, 1.807) is 12.3 Å². The Morgan fingerprint density at radius 3 is 2.57 bits per heavy atom. The lowest BCUT2D eigenvalue weighted by atomic mass is 10.0. The zero-order valence-corrected chi connectivity index (χ0v) is 18.7. The van der Waals surface area contributed by atoms with Crippen molar-refractivity contribution < 1.29 is 14.6 Å². The maximum absolute atomic E-state index is 10.6. The molecule has 2 aromatic carbocycles. The highest BCUT2D eigenvalue weighted by Gasteiger charge is 2.21. The largest absolute Gasteiger partial charge is 0.507 e. The first-order valence-electron chi connectivity index (χ1n) is 10.1. The van der Waals surface area contributed by atoms with E-state index >= 15 is 0 Å². The molecule has 3 aromatic rings. The minimum Gasteiger partial charge on any atom is -0.507 e. The van der Waals surface area contributed by atoms with Crippen LogP contribution < -0.4 is 4.74 Å². The lowest BCUT2D eigenvalue weighted by Crippen LogP contribution is -2.46. The van der Waals surface area contributed by atoms with Gasteiger partial charge in [-0.15, -0.1) is 0 Å². The highest BCUT2D eigenvalue weighted by atomic mass is 79.9. The highest BCUT2D eigenvalue weighted by molar-refractivity contribution is 9.10. The molecular weight excluding hydrogens is 446 g/mol. The second kappa shape index (κ2) is 9.20. The number of halogens is 1. The summed E-state index contributed by atoms with van der Waals surface area (Å²) in [5, 5.41) is 17.8. The zero-order chi connectivity index (χ0) is 21.1. The second-order valence-corrected chi connectivity index (χ2v) is 8.63. The number of rotatable bonds is 6. The molecule has 0 saturated carbocycles. The number of morpholine rings is 1. The number of aromatic amines is 1. The summed E-state index contributed by atoms with van der Waals surface area (Å²) in [6, 6.07) is 13.4. The molecule has 0 radical (unpaired) electrons. The number of phenolic OH excluding ortho intramolecular Hbond substituents is 1. The third-order valence-corrected chi connectivity index (χ3v) is 5.73. The molecule has 1 aliphatic heterocycles. The monoisotopic (exact) mass is 471 g/mol. The SMILES string of the molecule is C[C@H]1CN(CCOc2ccc(-c3[nH]ncc3-c3ccc(Br)cc3)c(O)c2)C[C@H](C)O1. The summed E-state index contributed by atoms with van der Waals surface area (Å²) >= 11 is 3.46. The summed E-state index contributed by atoms with van der Waals surface area (Å²) in [6.45, 7) is 7.41. The molecule has 0 spiro atoms. The Balaban J connectivity index is 1.43. The zero-order valence-electron chi connectivity index (χ0n) is 17.1. The van der Waals surface area contributed by atoms with Crippen LogP contribution in [0.2, 0.25) is 0 Å². The predicted octanol–water partition coefficient (Wildman–Crippen LogP) is 4.70. The minimum absolute atomic E-state index is 0.156. The molecule has 6 nitrogen and oxygen atoms in total. The molecular formula is C23H26BrN3O3. The van der Waals surface area contributed by atoms with Gasteiger partial charge in [-0.05, 0) is 43.7 Å². The number of nitrogens with one attached hydrogen (secondary N) is 1. The van der Waals surface area contributed by atoms with Crippen LogP contribution in [0.1, 0.15) is 13.8 Å². The van der Waals surface area contributed by atoms with E-state index in [1.165, 1.54) is 0 Å². The van der Waals surface area contributed by atoms with Gasteiger partial charge >= 0.3 is 0 Å². The van der Waals surface area contributed by atoms with Gasteiger partial charge in [0.05, 0.1) is 24.1 Å². The van der Waals surface area contributed by atoms with E-state index in [-0.39, 0.29) is 18.0 Å². The van der Waals surface area contributed by atoms with Gasteiger partial charge in [0.1, 0.15) is 18.1 Å². The van der Waals surface area contributed by atoms with E-state index in [9.17, 15) is 5.11 Å². The number of nitrogens with zero attached hydrogens (tertiary/aromatic N) is 2. The first-order valence-corrected chi connectivity index (χ1v) is 10.9. The summed E-state index contributed by atoms with van der Waals surface area (Å²) in [5.74, 6) is 0.805. The van der Waals surface area contributed by atoms with E-state index < -0.39 is 0 Å². The van der Waals surface area contributed by atoms with Gasteiger partial charge in [-0.1, -0.05) is 28.1 Å². The van der Waals surface area contributed by atoms with E-state index in [4.69, 9.17) is 9.47 Å². The Hall–Kier alpha value is -2.35. The molecule has 0 aliphatic carbocycles. The van der Waals surface area contributed by atoms with Gasteiger partial charge < -0.3 is 14.6 Å². The van der Waals surface area contributed by atoms with Gasteiger partial charge in [0, 0.05) is 41.3 Å². The number of hydrogen-bond acceptors (Lipinski definition) is 5. The van der Waals surface area contributed by atoms with E-state index in [0.717, 1.165) is 40.9 Å². The Morgan fingerprint density at radius 1 is 1.13 bits per heavy atom. The predicted molar refractivity (Wildman–Crippen MR) is 121 cm³/mol. The van der Waals surface area contributed by atoms with Crippen molar-refractivity contribution in [1.82, 2.24) is 15.1 Å². The van der Waals surface area contributed by atoms with Crippen LogP contribution in [0.3, 0.4) is 0 Å². The third kappa shape index (κ3) is 4.86. The summed E-state index contributed by atoms with van der Waals surface area (Å²) in [7, 11) is 0. The highest BCUT2D eigenvalue weighted by Crippen LogP contribution is 2.37. The molecule has 1 saturated heterocycles. The van der Waals surface area contributed by atoms with Gasteiger partial charge in [0.2, 0.25) is 0 Å². The van der Waals surface area contributed by atoms with Crippen LogP contribution >= 0.6 is 15.9 Å². The number of ether oxygens (including phenoxy) is 2. The fourth-order valence-corrected chi connectivity index (χ4v) is 4.18. The molecule has 7 heteroatoms. The molecule has 30 heavy (non-hydrogen) atoms. The number of phenols is 1. The maximum atomic E-state index is 10.6. The number of hydrogen-bond donors (Lipinski definition) is 2. The summed E-state index contributed by atoms with van der Waals surface area (Å²) in [5.41, 5.74) is 3.42. The van der Waals surface area contributed by atoms with Gasteiger partial charge in [-0.25, -0.2) is 0 Å². The molecule has 0 amide bonds. The van der Waals surface area contributed by atoms with E-state index in [0.29, 0.717) is 17.9 Å². The standard InChI is InChI=1S/C23H26BrN3O3/c1-15-13-27(14-16(2)30-15)9-10-29-19-7-8-20(22(28)11-19)23-21(12-25-26-23)17-3-5-18(24)6-4-17/h3-8,11-12,15-16,28H,9-10,13-14H2,1-2H3,(H,25,26)/t15-,16-/m0/s1. The number of H-pyrrole nitrogens is 1. The number of aromatic nitrogens is 2. The lowest BCUT2D eigenvalue weighted by molar-refractivity contribution is -0.0699. The maximum Gasteiger partial charge on any atom is 0.128 e. The van der Waals surface area contributed by atoms with Crippen molar-refractivity contribution in [3.8, 4) is 33.9 Å². The van der Waals surface area contributed by atoms with E-state index in [2.05, 4.69) is 44.9 Å². The number of benzene rings is 2. The second-order valence-electron chi connectivity index (χ2n) is 7.71. The topological polar surface area (TPSA) is 70.6 Å². The quantitative estimate of drug-likeness (QED) is 0.545. The van der Waals surface area contributed by atoms with Crippen molar-refractivity contribution in [1.29, 1.82) is 0 Å². The van der Waals surface area contributed by atoms with Crippen molar-refractivity contribution in [2.24, 2.45) is 0 Å². The van der Waals surface area contributed by atoms with E-state index in [1.807, 2.05) is 36.4 Å². The molecule has 1 aromatic heterocycles. The van der Waals surface area contributed by atoms with Crippen molar-refractivity contribution in [2.45, 2.75) is 26.1 Å². The van der Waals surface area contributed by atoms with Gasteiger partial charge in [0.15, 0.2) is 0 Å². The van der Waals surface area contributed by atoms with Gasteiger partial charge in [0.25, 0.3) is 0 Å². The molecule has 158 valence electrons. The summed E-state index contributed by atoms with van der Waals surface area (Å²) in [4.78, 5) is 2.35. The summed E-state index contributed by atoms with van der Waals surface area (Å²) in [6.07, 6.45) is 2.25. The molecule has 0 unspecified atom stereocenters. The first kappa shape index (κ1) is 20.9. The molecule has 1 aliphatic rings. The molecule has 1 fully saturated rings. The molecule has 4 rings (SSSR count). The van der Waals surface area contributed by atoms with Crippen LogP contribution in [0, 0.1) is 0 Å². The van der Waals surface area contributed by atoms with Crippen LogP contribution in [0.15, 0.2) is 53.1 Å². The lowest BCUT2D eigenvalue weighted by Gasteiger charge is -2.35. The molecule has 0 bridgehead atoms. The van der Waals surface area contributed by atoms with Crippen LogP contribution in [0.4, 0.5) is 0 Å². The Bertz CT molecular complexity index is 980. The average Bonchev–Trinajstić information content (AvgIpc) is 3.17. The fraction of sp³-hybridized carbons (Fsp3) is 0.348. The third-order valence-electron chi connectivity index (χ3n) is 5.20. The fourth-order valence-electron chi connectivity index (χ4n) is 3.91. The Kier molecular flexibility index (Phi) is 6.41. The normalized spacial score (nSPS) is 19.7. The average molecular weight is 472 g/mol. The van der Waals surface area contributed by atoms with Crippen LogP contribution in [0.5, 0.6) is 11.5 Å². The van der Waals surface area contributed by atoms with Crippen molar-refractivity contribution in [3.05, 3.63) is 53.1 Å². The smallest absolute Gasteiger partial charge is 0.128 e. The van der Waals surface area contributed by atoms with Crippen molar-refractivity contribution >= 4 is 15.9 Å². The minimum atomic E-state index is 0.156. The van der Waals surface area contributed by atoms with Crippen molar-refractivity contribution in [3.63, 3.8) is 0 Å². The summed E-state index contributed by atoms with van der Waals surface area (Å²) < 4.78 is 12.7. The van der Waals surface area contributed by atoms with Crippen LogP contribution in [-0.2, 0) is 4.74 Å².